The van der Waals surface area contributed by atoms with E-state index in [2.05, 4.69) is 22.4 Å². The fraction of sp³-hybridized carbons (Fsp3) is 0.577. The van der Waals surface area contributed by atoms with Gasteiger partial charge in [0.15, 0.2) is 0 Å². The van der Waals surface area contributed by atoms with Crippen LogP contribution in [-0.2, 0) is 4.79 Å². The molecule has 4 heteroatoms. The van der Waals surface area contributed by atoms with Gasteiger partial charge in [-0.1, -0.05) is 36.3 Å². The van der Waals surface area contributed by atoms with Gasteiger partial charge in [-0.15, -0.1) is 0 Å². The van der Waals surface area contributed by atoms with E-state index in [-0.39, 0.29) is 0 Å². The molecular formula is C26H34N2O2. The second-order valence-corrected chi connectivity index (χ2v) is 9.86. The number of hydrogen-bond acceptors (Lipinski definition) is 3. The average Bonchev–Trinajstić information content (AvgIpc) is 2.72. The normalized spacial score (nSPS) is 33.9. The maximum Gasteiger partial charge on any atom is 0.328 e. The van der Waals surface area contributed by atoms with Gasteiger partial charge in [-0.2, -0.15) is 0 Å². The van der Waals surface area contributed by atoms with Crippen molar-refractivity contribution in [3.05, 3.63) is 47.6 Å². The fourth-order valence-corrected chi connectivity index (χ4v) is 6.73. The number of carboxylic acids is 1. The van der Waals surface area contributed by atoms with E-state index in [1.807, 2.05) is 18.2 Å². The number of hydrogen-bond donors (Lipinski definition) is 2. The third-order valence-electron chi connectivity index (χ3n) is 7.84. The van der Waals surface area contributed by atoms with Crippen molar-refractivity contribution in [2.45, 2.75) is 88.4 Å². The molecule has 1 aromatic rings. The number of fused-ring (bicyclic) bond motifs is 4. The van der Waals surface area contributed by atoms with Gasteiger partial charge in [-0.05, 0) is 81.4 Å². The molecule has 1 saturated carbocycles. The number of nitrogens with one attached hydrogen (secondary N) is 1. The van der Waals surface area contributed by atoms with Crippen molar-refractivity contribution in [2.24, 2.45) is 5.92 Å². The highest BCUT2D eigenvalue weighted by atomic mass is 16.4. The summed E-state index contributed by atoms with van der Waals surface area (Å²) in [4.78, 5) is 13.9. The van der Waals surface area contributed by atoms with Crippen molar-refractivity contribution in [1.29, 1.82) is 0 Å². The van der Waals surface area contributed by atoms with Crippen LogP contribution in [0, 0.1) is 5.92 Å². The van der Waals surface area contributed by atoms with Crippen molar-refractivity contribution in [1.82, 2.24) is 4.90 Å². The summed E-state index contributed by atoms with van der Waals surface area (Å²) in [5, 5.41) is 12.8. The van der Waals surface area contributed by atoms with E-state index >= 15 is 0 Å². The molecule has 3 fully saturated rings. The lowest BCUT2D eigenvalue weighted by atomic mass is 9.72. The van der Waals surface area contributed by atoms with Crippen LogP contribution >= 0.6 is 0 Å². The Kier molecular flexibility index (Phi) is 5.68. The number of para-hydroxylation sites is 1. The Morgan fingerprint density at radius 3 is 2.60 bits per heavy atom. The van der Waals surface area contributed by atoms with E-state index in [0.717, 1.165) is 23.2 Å². The van der Waals surface area contributed by atoms with Crippen LogP contribution in [0.2, 0.25) is 0 Å². The lowest BCUT2D eigenvalue weighted by Crippen LogP contribution is -2.59. The van der Waals surface area contributed by atoms with Crippen LogP contribution in [0.3, 0.4) is 0 Å². The first-order valence-corrected chi connectivity index (χ1v) is 11.9. The molecule has 0 amide bonds. The zero-order chi connectivity index (χ0) is 20.5. The van der Waals surface area contributed by atoms with Crippen LogP contribution in [-0.4, -0.2) is 40.1 Å². The number of anilines is 1. The van der Waals surface area contributed by atoms with Gasteiger partial charge in [-0.3, -0.25) is 4.90 Å². The van der Waals surface area contributed by atoms with Gasteiger partial charge >= 0.3 is 5.97 Å². The Hall–Kier alpha value is -2.07. The zero-order valence-corrected chi connectivity index (χ0v) is 17.8. The van der Waals surface area contributed by atoms with Crippen LogP contribution in [0.1, 0.15) is 69.8 Å². The third kappa shape index (κ3) is 4.20. The van der Waals surface area contributed by atoms with Crippen LogP contribution in [0.4, 0.5) is 5.69 Å². The van der Waals surface area contributed by atoms with Crippen LogP contribution in [0.15, 0.2) is 42.0 Å². The Labute approximate surface area is 180 Å². The molecule has 2 saturated heterocycles. The summed E-state index contributed by atoms with van der Waals surface area (Å²) in [6.07, 6.45) is 18.7. The Morgan fingerprint density at radius 1 is 1.03 bits per heavy atom. The molecule has 4 unspecified atom stereocenters. The number of carboxylic acid groups (broad SMARTS) is 1. The fourth-order valence-electron chi connectivity index (χ4n) is 6.73. The van der Waals surface area contributed by atoms with E-state index in [1.54, 1.807) is 11.6 Å². The Balaban J connectivity index is 1.30. The molecule has 2 aliphatic heterocycles. The van der Waals surface area contributed by atoms with Crippen LogP contribution in [0.5, 0.6) is 0 Å². The van der Waals surface area contributed by atoms with Gasteiger partial charge in [0.25, 0.3) is 0 Å². The number of aliphatic carboxylic acids is 1. The van der Waals surface area contributed by atoms with Crippen molar-refractivity contribution in [3.8, 4) is 0 Å². The Morgan fingerprint density at radius 2 is 1.83 bits per heavy atom. The van der Waals surface area contributed by atoms with Gasteiger partial charge in [-0.25, -0.2) is 4.79 Å². The largest absolute Gasteiger partial charge is 0.478 e. The smallest absolute Gasteiger partial charge is 0.328 e. The molecule has 5 rings (SSSR count). The topological polar surface area (TPSA) is 52.6 Å². The second-order valence-electron chi connectivity index (χ2n) is 9.86. The molecule has 1 aromatic carbocycles. The maximum atomic E-state index is 10.9. The van der Waals surface area contributed by atoms with Gasteiger partial charge in [0.1, 0.15) is 0 Å². The minimum Gasteiger partial charge on any atom is -0.478 e. The monoisotopic (exact) mass is 406 g/mol. The summed E-state index contributed by atoms with van der Waals surface area (Å²) in [6.45, 7) is 0. The summed E-state index contributed by atoms with van der Waals surface area (Å²) < 4.78 is 0. The molecule has 2 heterocycles. The first-order chi connectivity index (χ1) is 14.7. The molecule has 4 aliphatic rings. The van der Waals surface area contributed by atoms with Gasteiger partial charge in [0.2, 0.25) is 0 Å². The summed E-state index contributed by atoms with van der Waals surface area (Å²) >= 11 is 0. The van der Waals surface area contributed by atoms with Crippen molar-refractivity contribution >= 4 is 17.7 Å². The van der Waals surface area contributed by atoms with Gasteiger partial charge in [0, 0.05) is 35.9 Å². The molecule has 30 heavy (non-hydrogen) atoms. The number of carbonyl (C=O) groups is 1. The van der Waals surface area contributed by atoms with E-state index in [9.17, 15) is 4.79 Å². The highest BCUT2D eigenvalue weighted by Crippen LogP contribution is 2.44. The zero-order valence-electron chi connectivity index (χ0n) is 17.8. The number of allylic oxidation sites excluding steroid dienone is 1. The molecule has 4 atom stereocenters. The third-order valence-corrected chi connectivity index (χ3v) is 7.84. The van der Waals surface area contributed by atoms with Crippen molar-refractivity contribution < 1.29 is 9.90 Å². The van der Waals surface area contributed by atoms with E-state index in [0.29, 0.717) is 18.1 Å². The predicted molar refractivity (Wildman–Crippen MR) is 121 cm³/mol. The molecule has 2 N–H and O–H groups in total. The molecule has 0 aromatic heterocycles. The molecule has 160 valence electrons. The van der Waals surface area contributed by atoms with Crippen LogP contribution in [0.25, 0.3) is 6.08 Å². The first kappa shape index (κ1) is 19.9. The molecule has 4 bridgehead atoms. The minimum absolute atomic E-state index is 0.471. The summed E-state index contributed by atoms with van der Waals surface area (Å²) in [5.41, 5.74) is 3.75. The van der Waals surface area contributed by atoms with Crippen molar-refractivity contribution in [3.63, 3.8) is 0 Å². The number of rotatable bonds is 5. The van der Waals surface area contributed by atoms with Crippen molar-refractivity contribution in [2.75, 3.05) is 5.32 Å². The number of piperidine rings is 2. The summed E-state index contributed by atoms with van der Waals surface area (Å²) in [7, 11) is 0. The van der Waals surface area contributed by atoms with E-state index in [1.165, 1.54) is 70.3 Å². The van der Waals surface area contributed by atoms with E-state index < -0.39 is 5.97 Å². The van der Waals surface area contributed by atoms with Gasteiger partial charge in [0.05, 0.1) is 0 Å². The maximum absolute atomic E-state index is 10.9. The molecule has 4 nitrogen and oxygen atoms in total. The lowest BCUT2D eigenvalue weighted by Gasteiger charge is -2.54. The highest BCUT2D eigenvalue weighted by molar-refractivity contribution is 5.86. The van der Waals surface area contributed by atoms with Crippen LogP contribution < -0.4 is 5.32 Å². The second kappa shape index (κ2) is 8.58. The minimum atomic E-state index is -0.903. The van der Waals surface area contributed by atoms with Gasteiger partial charge < -0.3 is 10.4 Å². The van der Waals surface area contributed by atoms with E-state index in [4.69, 9.17) is 5.11 Å². The number of nitrogens with zero attached hydrogens (tertiary/aromatic N) is 1. The standard InChI is InChI=1S/C26H34N2O2/c29-26(30)12-11-20-7-1-2-10-25(20)27-21-16-22-8-4-9-23(17-21)28(22)24-14-18-5-3-6-19(13-18)15-24/h1-2,5,7,10-12,19,21-24,27H,3-4,6,8-9,13-17H2,(H,29,30). The lowest BCUT2D eigenvalue weighted by molar-refractivity contribution is -0.131. The summed E-state index contributed by atoms with van der Waals surface area (Å²) in [5.74, 6) is 0.0215. The molecular weight excluding hydrogens is 372 g/mol. The Bertz CT molecular complexity index is 831. The molecule has 0 spiro atoms. The molecule has 0 radical (unpaired) electrons. The summed E-state index contributed by atoms with van der Waals surface area (Å²) in [6, 6.07) is 10.7. The first-order valence-electron chi connectivity index (χ1n) is 11.9. The predicted octanol–water partition coefficient (Wildman–Crippen LogP) is 5.47. The quantitative estimate of drug-likeness (QED) is 0.503. The SMILES string of the molecule is O=C(O)C=Cc1ccccc1NC1CC2CCCC(C1)N2C1CC2=CCCC(C2)C1. The average molecular weight is 407 g/mol. The molecule has 2 aliphatic carbocycles. The highest BCUT2D eigenvalue weighted by Gasteiger charge is 2.43. The number of benzene rings is 1.